The number of carbonyl (C=O) groups is 2. The van der Waals surface area contributed by atoms with Gasteiger partial charge in [-0.25, -0.2) is 4.39 Å². The fraction of sp³-hybridized carbons (Fsp3) is 0.500. The van der Waals surface area contributed by atoms with E-state index in [1.807, 2.05) is 27.7 Å². The van der Waals surface area contributed by atoms with Gasteiger partial charge in [-0.15, -0.1) is 11.8 Å². The van der Waals surface area contributed by atoms with Crippen LogP contribution >= 0.6 is 27.7 Å². The van der Waals surface area contributed by atoms with Crippen LogP contribution in [-0.4, -0.2) is 23.2 Å². The van der Waals surface area contributed by atoms with Gasteiger partial charge in [-0.1, -0.05) is 20.8 Å². The van der Waals surface area contributed by atoms with Gasteiger partial charge in [0.2, 0.25) is 0 Å². The van der Waals surface area contributed by atoms with Crippen LogP contribution < -0.4 is 0 Å². The zero-order valence-corrected chi connectivity index (χ0v) is 16.7. The van der Waals surface area contributed by atoms with Crippen LogP contribution in [0, 0.1) is 11.7 Å². The van der Waals surface area contributed by atoms with E-state index < -0.39 is 17.0 Å². The highest BCUT2D eigenvalue weighted by molar-refractivity contribution is 9.10. The molecule has 0 aromatic heterocycles. The summed E-state index contributed by atoms with van der Waals surface area (Å²) in [6.45, 7) is 7.47. The van der Waals surface area contributed by atoms with E-state index in [-0.39, 0.29) is 23.6 Å². The molecule has 0 aliphatic carbocycles. The van der Waals surface area contributed by atoms with Crippen molar-refractivity contribution >= 4 is 39.6 Å². The maximum atomic E-state index is 13.9. The van der Waals surface area contributed by atoms with Crippen LogP contribution in [0.2, 0.25) is 0 Å². The number of benzene rings is 1. The highest BCUT2D eigenvalue weighted by atomic mass is 79.9. The molecule has 1 amide bonds. The predicted molar refractivity (Wildman–Crippen MR) is 97.9 cm³/mol. The quantitative estimate of drug-likeness (QED) is 0.187. The first-order chi connectivity index (χ1) is 11.7. The molecule has 2 atom stereocenters. The van der Waals surface area contributed by atoms with Gasteiger partial charge in [-0.05, 0) is 58.0 Å². The number of rotatable bonds is 7. The molecule has 0 radical (unpaired) electrons. The van der Waals surface area contributed by atoms with Gasteiger partial charge in [0.25, 0.3) is 5.91 Å². The first kappa shape index (κ1) is 21.5. The fourth-order valence-electron chi connectivity index (χ4n) is 1.82. The minimum atomic E-state index is -1.02. The van der Waals surface area contributed by atoms with Gasteiger partial charge in [-0.2, -0.15) is 0 Å². The van der Waals surface area contributed by atoms with Gasteiger partial charge in [0.15, 0.2) is 0 Å². The third-order valence-electron chi connectivity index (χ3n) is 3.37. The van der Waals surface area contributed by atoms with Gasteiger partial charge < -0.3 is 4.74 Å². The van der Waals surface area contributed by atoms with Crippen molar-refractivity contribution in [1.82, 2.24) is 0 Å². The van der Waals surface area contributed by atoms with Crippen molar-refractivity contribution in [3.63, 3.8) is 0 Å². The summed E-state index contributed by atoms with van der Waals surface area (Å²) in [7, 11) is 0. The number of azide groups is 1. The van der Waals surface area contributed by atoms with E-state index >= 15 is 0 Å². The van der Waals surface area contributed by atoms with Crippen molar-refractivity contribution in [2.45, 2.75) is 50.4 Å². The monoisotopic (exact) mass is 431 g/mol. The molecule has 0 heterocycles. The first-order valence-corrected chi connectivity index (χ1v) is 9.34. The Bertz CT molecular complexity index is 708. The number of halogens is 2. The molecule has 1 rings (SSSR count). The van der Waals surface area contributed by atoms with Gasteiger partial charge >= 0.3 is 5.97 Å². The molecule has 136 valence electrons. The van der Waals surface area contributed by atoms with Crippen LogP contribution in [0.15, 0.2) is 26.6 Å². The summed E-state index contributed by atoms with van der Waals surface area (Å²) in [4.78, 5) is 26.9. The zero-order chi connectivity index (χ0) is 19.1. The molecule has 9 heteroatoms. The van der Waals surface area contributed by atoms with E-state index in [9.17, 15) is 14.0 Å². The zero-order valence-electron chi connectivity index (χ0n) is 14.3. The Morgan fingerprint density at radius 2 is 2.04 bits per heavy atom. The smallest absolute Gasteiger partial charge is 0.319 e. The largest absolute Gasteiger partial charge is 0.462 e. The molecular weight excluding hydrogens is 413 g/mol. The van der Waals surface area contributed by atoms with E-state index in [0.717, 1.165) is 6.07 Å². The van der Waals surface area contributed by atoms with E-state index in [0.29, 0.717) is 15.8 Å². The number of nitrogens with zero attached hydrogens (tertiary/aromatic N) is 3. The minimum Gasteiger partial charge on any atom is -0.462 e. The topological polar surface area (TPSA) is 92.1 Å². The number of carbonyl (C=O) groups excluding carboxylic acids is 2. The van der Waals surface area contributed by atoms with Crippen LogP contribution in [0.3, 0.4) is 0 Å². The van der Waals surface area contributed by atoms with E-state index in [1.54, 1.807) is 0 Å². The van der Waals surface area contributed by atoms with Crippen LogP contribution in [0.5, 0.6) is 0 Å². The van der Waals surface area contributed by atoms with Gasteiger partial charge in [-0.3, -0.25) is 9.59 Å². The molecule has 0 bridgehead atoms. The highest BCUT2D eigenvalue weighted by Crippen LogP contribution is 2.36. The van der Waals surface area contributed by atoms with Crippen LogP contribution in [0.4, 0.5) is 4.39 Å². The molecule has 0 N–H and O–H groups in total. The van der Waals surface area contributed by atoms with E-state index in [1.165, 1.54) is 17.8 Å². The number of hydrogen-bond donors (Lipinski definition) is 0. The molecule has 0 aliphatic rings. The van der Waals surface area contributed by atoms with Gasteiger partial charge in [0, 0.05) is 14.3 Å². The SMILES string of the molecule is CCC(C)OC(=O)C(Sc1cc(C(=O)N=[N+]=[N-])c(F)cc1Br)C(C)C. The van der Waals surface area contributed by atoms with Crippen molar-refractivity contribution in [2.75, 3.05) is 0 Å². The second-order valence-electron chi connectivity index (χ2n) is 5.70. The summed E-state index contributed by atoms with van der Waals surface area (Å²) >= 11 is 4.40. The normalized spacial score (nSPS) is 13.1. The average Bonchev–Trinajstić information content (AvgIpc) is 2.53. The number of esters is 1. The molecule has 1 aromatic rings. The summed E-state index contributed by atoms with van der Waals surface area (Å²) in [5.74, 6) is -2.24. The Morgan fingerprint density at radius 3 is 2.56 bits per heavy atom. The lowest BCUT2D eigenvalue weighted by atomic mass is 10.1. The second-order valence-corrected chi connectivity index (χ2v) is 7.73. The highest BCUT2D eigenvalue weighted by Gasteiger charge is 2.28. The maximum Gasteiger partial charge on any atom is 0.319 e. The van der Waals surface area contributed by atoms with Crippen LogP contribution in [0.25, 0.3) is 10.4 Å². The third kappa shape index (κ3) is 6.02. The van der Waals surface area contributed by atoms with E-state index in [2.05, 4.69) is 26.0 Å². The van der Waals surface area contributed by atoms with Crippen molar-refractivity contribution in [3.05, 3.63) is 38.4 Å². The second kappa shape index (κ2) is 9.79. The van der Waals surface area contributed by atoms with Gasteiger partial charge in [0.1, 0.15) is 11.1 Å². The molecule has 0 saturated carbocycles. The molecule has 0 saturated heterocycles. The fourth-order valence-corrected chi connectivity index (χ4v) is 3.47. The van der Waals surface area contributed by atoms with Gasteiger partial charge in [0.05, 0.1) is 11.7 Å². The lowest BCUT2D eigenvalue weighted by Crippen LogP contribution is -2.28. The molecule has 0 spiro atoms. The summed E-state index contributed by atoms with van der Waals surface area (Å²) in [6, 6.07) is 2.38. The minimum absolute atomic E-state index is 0.0465. The number of amides is 1. The molecule has 0 aliphatic heterocycles. The average molecular weight is 432 g/mol. The van der Waals surface area contributed by atoms with Crippen molar-refractivity contribution in [3.8, 4) is 0 Å². The van der Waals surface area contributed by atoms with E-state index in [4.69, 9.17) is 10.3 Å². The summed E-state index contributed by atoms with van der Waals surface area (Å²) in [6.07, 6.45) is 0.500. The maximum absolute atomic E-state index is 13.9. The number of thioether (sulfide) groups is 1. The predicted octanol–water partition coefficient (Wildman–Crippen LogP) is 5.50. The molecular formula is C16H19BrFN3O3S. The standard InChI is InChI=1S/C16H19BrFN3O3S/c1-5-9(4)24-16(23)14(8(2)3)25-13-6-10(15(22)20-21-19)12(18)7-11(13)17/h6-9,14H,5H2,1-4H3. The molecule has 25 heavy (non-hydrogen) atoms. The molecule has 2 unspecified atom stereocenters. The lowest BCUT2D eigenvalue weighted by molar-refractivity contribution is -0.148. The van der Waals surface area contributed by atoms with Crippen LogP contribution in [0.1, 0.15) is 44.5 Å². The Kier molecular flexibility index (Phi) is 8.41. The Morgan fingerprint density at radius 1 is 1.40 bits per heavy atom. The molecule has 1 aromatic carbocycles. The van der Waals surface area contributed by atoms with Crippen LogP contribution in [-0.2, 0) is 9.53 Å². The third-order valence-corrected chi connectivity index (χ3v) is 5.87. The van der Waals surface area contributed by atoms with Crippen molar-refractivity contribution in [1.29, 1.82) is 0 Å². The Hall–Kier alpha value is -1.57. The van der Waals surface area contributed by atoms with Crippen molar-refractivity contribution < 1.29 is 18.7 Å². The molecule has 6 nitrogen and oxygen atoms in total. The number of ether oxygens (including phenoxy) is 1. The summed E-state index contributed by atoms with van der Waals surface area (Å²) < 4.78 is 19.7. The Labute approximate surface area is 158 Å². The molecule has 0 fully saturated rings. The number of hydrogen-bond acceptors (Lipinski definition) is 4. The summed E-state index contributed by atoms with van der Waals surface area (Å²) in [5.41, 5.74) is 8.00. The Balaban J connectivity index is 3.16. The van der Waals surface area contributed by atoms with Crippen molar-refractivity contribution in [2.24, 2.45) is 11.0 Å². The first-order valence-electron chi connectivity index (χ1n) is 7.66. The summed E-state index contributed by atoms with van der Waals surface area (Å²) in [5, 5.41) is 2.38. The lowest BCUT2D eigenvalue weighted by Gasteiger charge is -2.22.